The first kappa shape index (κ1) is 24.8. The van der Waals surface area contributed by atoms with Crippen molar-refractivity contribution < 1.29 is 22.1 Å². The van der Waals surface area contributed by atoms with Crippen LogP contribution in [0.5, 0.6) is 11.5 Å². The van der Waals surface area contributed by atoms with Crippen LogP contribution < -0.4 is 14.2 Å². The zero-order chi connectivity index (χ0) is 24.6. The molecule has 0 heterocycles. The monoisotopic (exact) mass is 496 g/mol. The number of nitrogens with zero attached hydrogens (tertiary/aromatic N) is 1. The molecule has 34 heavy (non-hydrogen) atoms. The van der Waals surface area contributed by atoms with E-state index in [0.29, 0.717) is 5.56 Å². The summed E-state index contributed by atoms with van der Waals surface area (Å²) in [5.41, 5.74) is 1.10. The first-order valence-electron chi connectivity index (χ1n) is 10.2. The van der Waals surface area contributed by atoms with E-state index in [2.05, 4.69) is 5.32 Å². The summed E-state index contributed by atoms with van der Waals surface area (Å²) in [6.45, 7) is 2.17. The zero-order valence-corrected chi connectivity index (χ0v) is 19.8. The van der Waals surface area contributed by atoms with Crippen LogP contribution in [0, 0.1) is 11.3 Å². The second-order valence-corrected chi connectivity index (χ2v) is 8.91. The number of hydrogen-bond donors (Lipinski definition) is 1. The molecule has 0 atom stereocenters. The fourth-order valence-corrected chi connectivity index (χ4v) is 4.23. The second-order valence-electron chi connectivity index (χ2n) is 6.95. The Kier molecular flexibility index (Phi) is 8.30. The third kappa shape index (κ3) is 6.38. The highest BCUT2D eigenvalue weighted by Crippen LogP contribution is 2.39. The number of halogens is 1. The molecule has 0 spiro atoms. The molecule has 0 radical (unpaired) electrons. The first-order valence-corrected chi connectivity index (χ1v) is 12.0. The Balaban J connectivity index is 1.88. The lowest BCUT2D eigenvalue weighted by atomic mass is 10.1. The van der Waals surface area contributed by atoms with Crippen LogP contribution in [0.25, 0.3) is 6.08 Å². The van der Waals surface area contributed by atoms with Crippen LogP contribution in [0.4, 0.5) is 0 Å². The molecular formula is C25H21ClN2O5S. The maximum Gasteiger partial charge on any atom is 0.339 e. The molecule has 0 fully saturated rings. The predicted molar refractivity (Wildman–Crippen MR) is 129 cm³/mol. The number of carbonyl (C=O) groups is 1. The first-order chi connectivity index (χ1) is 16.3. The molecule has 0 saturated carbocycles. The molecule has 3 aromatic rings. The summed E-state index contributed by atoms with van der Waals surface area (Å²) in [5.74, 6) is -0.688. The van der Waals surface area contributed by atoms with Crippen molar-refractivity contribution in [2.75, 3.05) is 6.61 Å². The van der Waals surface area contributed by atoms with Gasteiger partial charge in [0.15, 0.2) is 5.75 Å². The molecule has 0 unspecified atom stereocenters. The number of carbonyl (C=O) groups excluding carboxylic acids is 1. The van der Waals surface area contributed by atoms with Crippen LogP contribution in [0.2, 0.25) is 5.02 Å². The normalized spacial score (nSPS) is 11.4. The molecule has 0 aromatic heterocycles. The average Bonchev–Trinajstić information content (AvgIpc) is 2.84. The van der Waals surface area contributed by atoms with Gasteiger partial charge in [0.05, 0.1) is 11.6 Å². The van der Waals surface area contributed by atoms with Crippen molar-refractivity contribution in [2.24, 2.45) is 0 Å². The van der Waals surface area contributed by atoms with E-state index in [1.807, 2.05) is 36.4 Å². The molecule has 3 aromatic carbocycles. The highest BCUT2D eigenvalue weighted by atomic mass is 35.5. The second kappa shape index (κ2) is 11.4. The van der Waals surface area contributed by atoms with Gasteiger partial charge in [0.1, 0.15) is 16.5 Å². The van der Waals surface area contributed by atoms with Gasteiger partial charge in [0.25, 0.3) is 5.91 Å². The fourth-order valence-electron chi connectivity index (χ4n) is 2.95. The average molecular weight is 497 g/mol. The Bertz CT molecular complexity index is 1330. The third-order valence-corrected chi connectivity index (χ3v) is 6.04. The maximum absolute atomic E-state index is 12.7. The van der Waals surface area contributed by atoms with E-state index in [9.17, 15) is 18.5 Å². The zero-order valence-electron chi connectivity index (χ0n) is 18.2. The van der Waals surface area contributed by atoms with Crippen molar-refractivity contribution in [3.63, 3.8) is 0 Å². The number of nitrogens with one attached hydrogen (secondary N) is 1. The predicted octanol–water partition coefficient (Wildman–Crippen LogP) is 4.73. The van der Waals surface area contributed by atoms with E-state index in [1.54, 1.807) is 25.1 Å². The lowest BCUT2D eigenvalue weighted by Gasteiger charge is -2.14. The third-order valence-electron chi connectivity index (χ3n) is 4.53. The number of ether oxygens (including phenoxy) is 1. The van der Waals surface area contributed by atoms with Crippen molar-refractivity contribution in [2.45, 2.75) is 18.4 Å². The summed E-state index contributed by atoms with van der Waals surface area (Å²) >= 11 is 6.33. The summed E-state index contributed by atoms with van der Waals surface area (Å²) in [6.07, 6.45) is 1.34. The summed E-state index contributed by atoms with van der Waals surface area (Å²) in [4.78, 5) is 12.4. The van der Waals surface area contributed by atoms with Gasteiger partial charge in [-0.3, -0.25) is 4.79 Å². The van der Waals surface area contributed by atoms with Gasteiger partial charge in [-0.1, -0.05) is 60.1 Å². The minimum atomic E-state index is -4.16. The molecule has 1 amide bonds. The lowest BCUT2D eigenvalue weighted by Crippen LogP contribution is -2.23. The van der Waals surface area contributed by atoms with Crippen LogP contribution in [0.3, 0.4) is 0 Å². The van der Waals surface area contributed by atoms with Crippen molar-refractivity contribution >= 4 is 33.7 Å². The van der Waals surface area contributed by atoms with E-state index in [-0.39, 0.29) is 40.1 Å². The standard InChI is InChI=1S/C25H21ClN2O5S/c1-2-32-23-15-19(13-20(16-27)25(29)28-17-18-9-5-3-6-10-18)14-22(26)24(23)33-34(30,31)21-11-7-4-8-12-21/h3-15H,2,17H2,1H3,(H,28,29)/b20-13+. The van der Waals surface area contributed by atoms with Gasteiger partial charge in [-0.25, -0.2) is 0 Å². The minimum absolute atomic E-state index is 0.0423. The number of hydrogen-bond acceptors (Lipinski definition) is 6. The van der Waals surface area contributed by atoms with E-state index >= 15 is 0 Å². The van der Waals surface area contributed by atoms with E-state index in [4.69, 9.17) is 20.5 Å². The van der Waals surface area contributed by atoms with Gasteiger partial charge in [0.2, 0.25) is 5.75 Å². The van der Waals surface area contributed by atoms with Gasteiger partial charge in [0, 0.05) is 6.54 Å². The molecule has 0 aliphatic heterocycles. The Labute approximate surface area is 203 Å². The van der Waals surface area contributed by atoms with Gasteiger partial charge < -0.3 is 14.2 Å². The van der Waals surface area contributed by atoms with Crippen molar-refractivity contribution in [3.05, 3.63) is 94.5 Å². The van der Waals surface area contributed by atoms with E-state index < -0.39 is 16.0 Å². The van der Waals surface area contributed by atoms with Gasteiger partial charge >= 0.3 is 10.1 Å². The lowest BCUT2D eigenvalue weighted by molar-refractivity contribution is -0.117. The van der Waals surface area contributed by atoms with Crippen LogP contribution in [-0.2, 0) is 21.5 Å². The van der Waals surface area contributed by atoms with Crippen LogP contribution in [0.1, 0.15) is 18.1 Å². The van der Waals surface area contributed by atoms with Gasteiger partial charge in [-0.05, 0) is 48.4 Å². The van der Waals surface area contributed by atoms with Crippen molar-refractivity contribution in [3.8, 4) is 17.6 Å². The maximum atomic E-state index is 12.7. The smallest absolute Gasteiger partial charge is 0.339 e. The molecule has 1 N–H and O–H groups in total. The Hall–Kier alpha value is -3.80. The quantitative estimate of drug-likeness (QED) is 0.261. The van der Waals surface area contributed by atoms with Crippen molar-refractivity contribution in [1.29, 1.82) is 5.26 Å². The van der Waals surface area contributed by atoms with Crippen LogP contribution >= 0.6 is 11.6 Å². The molecule has 0 bridgehead atoms. The fraction of sp³-hybridized carbons (Fsp3) is 0.120. The molecule has 7 nitrogen and oxygen atoms in total. The Morgan fingerprint density at radius 3 is 2.35 bits per heavy atom. The molecular weight excluding hydrogens is 476 g/mol. The summed E-state index contributed by atoms with van der Waals surface area (Å²) in [5, 5.41) is 12.1. The highest BCUT2D eigenvalue weighted by Gasteiger charge is 2.22. The molecule has 0 saturated heterocycles. The summed E-state index contributed by atoms with van der Waals surface area (Å²) in [7, 11) is -4.16. The molecule has 174 valence electrons. The number of nitriles is 1. The topological polar surface area (TPSA) is 105 Å². The molecule has 3 rings (SSSR count). The molecule has 9 heteroatoms. The van der Waals surface area contributed by atoms with Gasteiger partial charge in [-0.2, -0.15) is 13.7 Å². The SMILES string of the molecule is CCOc1cc(/C=C(\C#N)C(=O)NCc2ccccc2)cc(Cl)c1OS(=O)(=O)c1ccccc1. The highest BCUT2D eigenvalue weighted by molar-refractivity contribution is 7.87. The number of amides is 1. The molecule has 0 aliphatic carbocycles. The van der Waals surface area contributed by atoms with Crippen LogP contribution in [0.15, 0.2) is 83.3 Å². The Morgan fingerprint density at radius 1 is 1.09 bits per heavy atom. The summed E-state index contributed by atoms with van der Waals surface area (Å²) < 4.78 is 36.1. The minimum Gasteiger partial charge on any atom is -0.490 e. The number of rotatable bonds is 9. The van der Waals surface area contributed by atoms with Crippen LogP contribution in [-0.4, -0.2) is 20.9 Å². The van der Waals surface area contributed by atoms with E-state index in [0.717, 1.165) is 5.56 Å². The summed E-state index contributed by atoms with van der Waals surface area (Å²) in [6, 6.07) is 21.6. The van der Waals surface area contributed by atoms with Gasteiger partial charge in [-0.15, -0.1) is 0 Å². The largest absolute Gasteiger partial charge is 0.490 e. The van der Waals surface area contributed by atoms with E-state index in [1.165, 1.54) is 30.3 Å². The number of benzene rings is 3. The Morgan fingerprint density at radius 2 is 1.74 bits per heavy atom. The molecule has 0 aliphatic rings. The van der Waals surface area contributed by atoms with Crippen molar-refractivity contribution in [1.82, 2.24) is 5.32 Å².